The van der Waals surface area contributed by atoms with E-state index in [2.05, 4.69) is 16.0 Å². The van der Waals surface area contributed by atoms with Gasteiger partial charge in [-0.05, 0) is 44.9 Å². The lowest BCUT2D eigenvalue weighted by Gasteiger charge is -2.25. The lowest BCUT2D eigenvalue weighted by Crippen LogP contribution is -2.51. The van der Waals surface area contributed by atoms with E-state index in [-0.39, 0.29) is 43.0 Å². The fraction of sp³-hybridized carbons (Fsp3) is 0.393. The van der Waals surface area contributed by atoms with Crippen molar-refractivity contribution in [3.63, 3.8) is 0 Å². The maximum atomic E-state index is 13.2. The summed E-state index contributed by atoms with van der Waals surface area (Å²) in [6, 6.07) is 14.7. The van der Waals surface area contributed by atoms with Crippen LogP contribution in [0.15, 0.2) is 54.6 Å². The Morgan fingerprint density at radius 2 is 1.39 bits per heavy atom. The summed E-state index contributed by atoms with van der Waals surface area (Å²) in [6.45, 7) is 5.94. The highest BCUT2D eigenvalue weighted by Gasteiger charge is 2.42. The van der Waals surface area contributed by atoms with Crippen molar-refractivity contribution in [2.45, 2.75) is 51.7 Å². The van der Waals surface area contributed by atoms with Gasteiger partial charge in [0, 0.05) is 32.5 Å². The number of hydrogen-bond donors (Lipinski definition) is 3. The van der Waals surface area contributed by atoms with Crippen molar-refractivity contribution in [2.24, 2.45) is 0 Å². The second-order valence-corrected chi connectivity index (χ2v) is 9.90. The summed E-state index contributed by atoms with van der Waals surface area (Å²) >= 11 is 0. The minimum atomic E-state index is -1.02. The molecule has 1 heterocycles. The zero-order valence-corrected chi connectivity index (χ0v) is 21.9. The number of hydrogen-bond acceptors (Lipinski definition) is 6. The average molecular weight is 523 g/mol. The summed E-state index contributed by atoms with van der Waals surface area (Å²) in [4.78, 5) is 63.9. The fourth-order valence-electron chi connectivity index (χ4n) is 3.96. The second kappa shape index (κ2) is 12.8. The Hall–Kier alpha value is -4.21. The van der Waals surface area contributed by atoms with Crippen LogP contribution in [-0.2, 0) is 20.7 Å². The van der Waals surface area contributed by atoms with Crippen molar-refractivity contribution in [3.8, 4) is 0 Å². The highest BCUT2D eigenvalue weighted by atomic mass is 16.6. The molecule has 2 aromatic rings. The zero-order chi connectivity index (χ0) is 27.7. The molecule has 0 saturated heterocycles. The molecule has 0 aromatic heterocycles. The molecule has 0 fully saturated rings. The van der Waals surface area contributed by atoms with Gasteiger partial charge in [-0.2, -0.15) is 0 Å². The maximum Gasteiger partial charge on any atom is 0.407 e. The Kier molecular flexibility index (Phi) is 9.59. The Labute approximate surface area is 222 Å². The second-order valence-electron chi connectivity index (χ2n) is 9.90. The number of alkyl carbamates (subject to hydrolysis) is 1. The van der Waals surface area contributed by atoms with Crippen molar-refractivity contribution in [3.05, 3.63) is 71.3 Å². The summed E-state index contributed by atoms with van der Waals surface area (Å²) in [7, 11) is 0. The van der Waals surface area contributed by atoms with Gasteiger partial charge in [0.15, 0.2) is 0 Å². The third-order valence-electron chi connectivity index (χ3n) is 5.71. The average Bonchev–Trinajstić information content (AvgIpc) is 3.11. The van der Waals surface area contributed by atoms with Gasteiger partial charge in [0.05, 0.1) is 11.1 Å². The van der Waals surface area contributed by atoms with Gasteiger partial charge in [-0.15, -0.1) is 0 Å². The largest absolute Gasteiger partial charge is 0.444 e. The highest BCUT2D eigenvalue weighted by molar-refractivity contribution is 6.22. The molecule has 10 heteroatoms. The van der Waals surface area contributed by atoms with E-state index in [0.29, 0.717) is 13.0 Å². The first-order valence-electron chi connectivity index (χ1n) is 12.6. The van der Waals surface area contributed by atoms with Gasteiger partial charge in [-0.25, -0.2) is 4.79 Å². The number of rotatable bonds is 11. The van der Waals surface area contributed by atoms with Crippen molar-refractivity contribution >= 4 is 29.7 Å². The maximum absolute atomic E-state index is 13.2. The number of imide groups is 1. The number of ether oxygens (including phenoxy) is 1. The van der Waals surface area contributed by atoms with Gasteiger partial charge in [0.2, 0.25) is 11.8 Å². The third kappa shape index (κ3) is 7.89. The molecule has 0 spiro atoms. The van der Waals surface area contributed by atoms with Crippen molar-refractivity contribution < 1.29 is 28.7 Å². The summed E-state index contributed by atoms with van der Waals surface area (Å²) < 4.78 is 5.11. The predicted octanol–water partition coefficient (Wildman–Crippen LogP) is 2.43. The molecule has 38 heavy (non-hydrogen) atoms. The number of carbonyl (C=O) groups excluding carboxylic acids is 5. The van der Waals surface area contributed by atoms with E-state index in [9.17, 15) is 24.0 Å². The monoisotopic (exact) mass is 522 g/mol. The van der Waals surface area contributed by atoms with Gasteiger partial charge >= 0.3 is 6.09 Å². The van der Waals surface area contributed by atoms with Crippen molar-refractivity contribution in [1.29, 1.82) is 0 Å². The van der Waals surface area contributed by atoms with E-state index in [4.69, 9.17) is 4.74 Å². The van der Waals surface area contributed by atoms with E-state index in [1.807, 2.05) is 30.3 Å². The van der Waals surface area contributed by atoms with E-state index < -0.39 is 35.5 Å². The van der Waals surface area contributed by atoms with Gasteiger partial charge < -0.3 is 20.7 Å². The molecule has 10 nitrogen and oxygen atoms in total. The first kappa shape index (κ1) is 28.4. The van der Waals surface area contributed by atoms with Crippen molar-refractivity contribution in [2.75, 3.05) is 19.6 Å². The van der Waals surface area contributed by atoms with Crippen molar-refractivity contribution in [1.82, 2.24) is 20.9 Å². The molecule has 0 aliphatic carbocycles. The van der Waals surface area contributed by atoms with Crippen LogP contribution in [0.3, 0.4) is 0 Å². The van der Waals surface area contributed by atoms with Crippen LogP contribution in [0.25, 0.3) is 0 Å². The van der Waals surface area contributed by atoms with Crippen LogP contribution in [0.5, 0.6) is 0 Å². The van der Waals surface area contributed by atoms with E-state index >= 15 is 0 Å². The molecule has 202 valence electrons. The molecule has 3 N–H and O–H groups in total. The standard InChI is InChI=1S/C28H34N4O6/c1-28(2,3)38-27(37)31-17-14-23(33)29-15-9-16-30-24(34)22(18-19-10-5-4-6-11-19)32-25(35)20-12-7-8-13-21(20)26(32)36/h4-8,10-13,22H,9,14-18H2,1-3H3,(H,29,33)(H,30,34)(H,31,37). The molecule has 1 atom stereocenters. The summed E-state index contributed by atoms with van der Waals surface area (Å²) in [6.07, 6.45) is 0.123. The smallest absolute Gasteiger partial charge is 0.407 e. The molecule has 0 saturated carbocycles. The minimum absolute atomic E-state index is 0.0878. The molecule has 0 radical (unpaired) electrons. The molecule has 1 aliphatic heterocycles. The highest BCUT2D eigenvalue weighted by Crippen LogP contribution is 2.26. The van der Waals surface area contributed by atoms with Crippen LogP contribution >= 0.6 is 0 Å². The van der Waals surface area contributed by atoms with Crippen LogP contribution < -0.4 is 16.0 Å². The number of nitrogens with one attached hydrogen (secondary N) is 3. The van der Waals surface area contributed by atoms with Gasteiger partial charge in [-0.1, -0.05) is 42.5 Å². The lowest BCUT2D eigenvalue weighted by molar-refractivity contribution is -0.125. The Balaban J connectivity index is 1.49. The summed E-state index contributed by atoms with van der Waals surface area (Å²) in [5, 5.41) is 8.04. The molecule has 3 rings (SSSR count). The molecule has 2 aromatic carbocycles. The van der Waals surface area contributed by atoms with E-state index in [0.717, 1.165) is 10.5 Å². The SMILES string of the molecule is CC(C)(C)OC(=O)NCCC(=O)NCCCNC(=O)C(Cc1ccccc1)N1C(=O)c2ccccc2C1=O. The van der Waals surface area contributed by atoms with Gasteiger partial charge in [-0.3, -0.25) is 24.1 Å². The number of nitrogens with zero attached hydrogens (tertiary/aromatic N) is 1. The Morgan fingerprint density at radius 1 is 0.816 bits per heavy atom. The lowest BCUT2D eigenvalue weighted by atomic mass is 10.0. The van der Waals surface area contributed by atoms with Crippen LogP contribution in [0.1, 0.15) is 59.9 Å². The topological polar surface area (TPSA) is 134 Å². The number of fused-ring (bicyclic) bond motifs is 1. The van der Waals surface area contributed by atoms with Crippen LogP contribution in [0.2, 0.25) is 0 Å². The first-order chi connectivity index (χ1) is 18.1. The van der Waals surface area contributed by atoms with Gasteiger partial charge in [0.25, 0.3) is 11.8 Å². The predicted molar refractivity (Wildman–Crippen MR) is 140 cm³/mol. The Morgan fingerprint density at radius 3 is 2.00 bits per heavy atom. The summed E-state index contributed by atoms with van der Waals surface area (Å²) in [5.74, 6) is -1.68. The van der Waals surface area contributed by atoms with E-state index in [1.54, 1.807) is 45.0 Å². The quantitative estimate of drug-likeness (QED) is 0.307. The summed E-state index contributed by atoms with van der Waals surface area (Å²) in [5.41, 5.74) is 0.770. The first-order valence-corrected chi connectivity index (χ1v) is 12.6. The zero-order valence-electron chi connectivity index (χ0n) is 21.9. The van der Waals surface area contributed by atoms with Crippen LogP contribution in [-0.4, -0.2) is 65.9 Å². The molecule has 1 unspecified atom stereocenters. The molecular formula is C28H34N4O6. The molecule has 5 amide bonds. The minimum Gasteiger partial charge on any atom is -0.444 e. The Bertz CT molecular complexity index is 1140. The molecule has 1 aliphatic rings. The van der Waals surface area contributed by atoms with Crippen LogP contribution in [0.4, 0.5) is 4.79 Å². The normalized spacial score (nSPS) is 13.5. The number of benzene rings is 2. The fourth-order valence-corrected chi connectivity index (χ4v) is 3.96. The van der Waals surface area contributed by atoms with E-state index in [1.165, 1.54) is 0 Å². The van der Waals surface area contributed by atoms with Crippen LogP contribution in [0, 0.1) is 0 Å². The van der Waals surface area contributed by atoms with Gasteiger partial charge in [0.1, 0.15) is 11.6 Å². The number of amides is 5. The number of carbonyl (C=O) groups is 5. The molecule has 0 bridgehead atoms. The molecular weight excluding hydrogens is 488 g/mol. The third-order valence-corrected chi connectivity index (χ3v) is 5.71.